The molecule has 0 aromatic carbocycles. The molecule has 0 aliphatic carbocycles. The van der Waals surface area contributed by atoms with Crippen LogP contribution in [0.3, 0.4) is 0 Å². The molecule has 0 saturated heterocycles. The van der Waals surface area contributed by atoms with Crippen molar-refractivity contribution in [2.45, 2.75) is 33.2 Å². The fourth-order valence-electron chi connectivity index (χ4n) is 1.24. The minimum absolute atomic E-state index is 0.0544. The van der Waals surface area contributed by atoms with E-state index in [1.54, 1.807) is 0 Å². The first kappa shape index (κ1) is 9.26. The zero-order chi connectivity index (χ0) is 9.14. The molecular weight excluding hydrogens is 150 g/mol. The third kappa shape index (κ3) is 2.34. The Hall–Kier alpha value is -0.830. The zero-order valence-electron chi connectivity index (χ0n) is 7.96. The van der Waals surface area contributed by atoms with E-state index in [9.17, 15) is 0 Å². The van der Waals surface area contributed by atoms with Crippen LogP contribution in [0.1, 0.15) is 37.8 Å². The molecule has 0 fully saturated rings. The van der Waals surface area contributed by atoms with Gasteiger partial charge >= 0.3 is 0 Å². The number of nitrogens with one attached hydrogen (secondary N) is 1. The van der Waals surface area contributed by atoms with Gasteiger partial charge in [0.1, 0.15) is 5.82 Å². The molecule has 1 heterocycles. The largest absolute Gasteiger partial charge is 0.345 e. The molecule has 0 aliphatic heterocycles. The summed E-state index contributed by atoms with van der Waals surface area (Å²) in [5, 5.41) is 0. The van der Waals surface area contributed by atoms with Crippen molar-refractivity contribution in [3.05, 3.63) is 17.7 Å². The summed E-state index contributed by atoms with van der Waals surface area (Å²) in [7, 11) is 0. The van der Waals surface area contributed by atoms with E-state index in [2.05, 4.69) is 23.8 Å². The minimum atomic E-state index is 0.0544. The monoisotopic (exact) mass is 167 g/mol. The quantitative estimate of drug-likeness (QED) is 0.720. The number of hydrogen-bond acceptors (Lipinski definition) is 2. The Morgan fingerprint density at radius 2 is 2.25 bits per heavy atom. The molecule has 12 heavy (non-hydrogen) atoms. The Balaban J connectivity index is 2.58. The van der Waals surface area contributed by atoms with Gasteiger partial charge < -0.3 is 10.7 Å². The van der Waals surface area contributed by atoms with Crippen molar-refractivity contribution in [3.8, 4) is 0 Å². The van der Waals surface area contributed by atoms with Gasteiger partial charge in [-0.2, -0.15) is 0 Å². The lowest BCUT2D eigenvalue weighted by Crippen LogP contribution is -2.14. The number of imidazole rings is 1. The van der Waals surface area contributed by atoms with E-state index in [-0.39, 0.29) is 6.04 Å². The Labute approximate surface area is 73.4 Å². The second-order valence-corrected chi connectivity index (χ2v) is 3.69. The SMILES string of the molecule is Cc1cnc(C(N)CC(C)C)[nH]1. The van der Waals surface area contributed by atoms with Crippen LogP contribution in [0.5, 0.6) is 0 Å². The molecule has 1 rings (SSSR count). The molecule has 1 aromatic rings. The predicted molar refractivity (Wildman–Crippen MR) is 49.7 cm³/mol. The van der Waals surface area contributed by atoms with Crippen molar-refractivity contribution in [1.29, 1.82) is 0 Å². The van der Waals surface area contributed by atoms with Crippen LogP contribution in [0.15, 0.2) is 6.20 Å². The van der Waals surface area contributed by atoms with Gasteiger partial charge in [0.15, 0.2) is 0 Å². The summed E-state index contributed by atoms with van der Waals surface area (Å²) < 4.78 is 0. The van der Waals surface area contributed by atoms with Gasteiger partial charge in [-0.3, -0.25) is 0 Å². The molecule has 1 atom stereocenters. The van der Waals surface area contributed by atoms with E-state index < -0.39 is 0 Å². The van der Waals surface area contributed by atoms with Crippen LogP contribution in [0.2, 0.25) is 0 Å². The van der Waals surface area contributed by atoms with Crippen LogP contribution in [-0.2, 0) is 0 Å². The Bertz CT molecular complexity index is 240. The molecule has 3 heteroatoms. The molecule has 1 unspecified atom stereocenters. The molecule has 0 spiro atoms. The number of nitrogens with two attached hydrogens (primary N) is 1. The highest BCUT2D eigenvalue weighted by atomic mass is 14.9. The van der Waals surface area contributed by atoms with Crippen LogP contribution < -0.4 is 5.73 Å². The number of H-pyrrole nitrogens is 1. The average molecular weight is 167 g/mol. The Morgan fingerprint density at radius 3 is 2.67 bits per heavy atom. The summed E-state index contributed by atoms with van der Waals surface area (Å²) in [6, 6.07) is 0.0544. The molecular formula is C9H17N3. The standard InChI is InChI=1S/C9H17N3/c1-6(2)4-8(10)9-11-5-7(3)12-9/h5-6,8H,4,10H2,1-3H3,(H,11,12). The summed E-state index contributed by atoms with van der Waals surface area (Å²) >= 11 is 0. The molecule has 0 aliphatic rings. The third-order valence-corrected chi connectivity index (χ3v) is 1.80. The van der Waals surface area contributed by atoms with E-state index in [4.69, 9.17) is 5.73 Å². The molecule has 3 nitrogen and oxygen atoms in total. The highest BCUT2D eigenvalue weighted by molar-refractivity contribution is 5.02. The van der Waals surface area contributed by atoms with Gasteiger partial charge in [0.2, 0.25) is 0 Å². The lowest BCUT2D eigenvalue weighted by molar-refractivity contribution is 0.495. The summed E-state index contributed by atoms with van der Waals surface area (Å²) in [4.78, 5) is 7.33. The second-order valence-electron chi connectivity index (χ2n) is 3.69. The topological polar surface area (TPSA) is 54.7 Å². The number of aryl methyl sites for hydroxylation is 1. The van der Waals surface area contributed by atoms with E-state index >= 15 is 0 Å². The molecule has 0 bridgehead atoms. The van der Waals surface area contributed by atoms with Crippen molar-refractivity contribution >= 4 is 0 Å². The Morgan fingerprint density at radius 1 is 1.58 bits per heavy atom. The first-order valence-electron chi connectivity index (χ1n) is 4.36. The average Bonchev–Trinajstić information content (AvgIpc) is 2.34. The van der Waals surface area contributed by atoms with Gasteiger partial charge in [0.05, 0.1) is 6.04 Å². The van der Waals surface area contributed by atoms with Gasteiger partial charge in [-0.05, 0) is 19.3 Å². The normalized spacial score (nSPS) is 13.8. The predicted octanol–water partition coefficient (Wildman–Crippen LogP) is 1.76. The van der Waals surface area contributed by atoms with Gasteiger partial charge in [-0.25, -0.2) is 4.98 Å². The highest BCUT2D eigenvalue weighted by Crippen LogP contribution is 2.15. The van der Waals surface area contributed by atoms with Crippen LogP contribution in [-0.4, -0.2) is 9.97 Å². The Kier molecular flexibility index (Phi) is 2.87. The molecule has 0 saturated carbocycles. The smallest absolute Gasteiger partial charge is 0.123 e. The maximum atomic E-state index is 5.92. The summed E-state index contributed by atoms with van der Waals surface area (Å²) in [5.74, 6) is 1.52. The van der Waals surface area contributed by atoms with Crippen LogP contribution in [0.4, 0.5) is 0 Å². The number of hydrogen-bond donors (Lipinski definition) is 2. The van der Waals surface area contributed by atoms with E-state index in [1.807, 2.05) is 13.1 Å². The van der Waals surface area contributed by atoms with Crippen molar-refractivity contribution in [2.24, 2.45) is 11.7 Å². The van der Waals surface area contributed by atoms with Crippen molar-refractivity contribution < 1.29 is 0 Å². The number of rotatable bonds is 3. The minimum Gasteiger partial charge on any atom is -0.345 e. The summed E-state index contributed by atoms with van der Waals surface area (Å²) in [6.45, 7) is 6.31. The number of aromatic nitrogens is 2. The van der Waals surface area contributed by atoms with Gasteiger partial charge in [0, 0.05) is 11.9 Å². The number of aromatic amines is 1. The zero-order valence-corrected chi connectivity index (χ0v) is 7.96. The lowest BCUT2D eigenvalue weighted by atomic mass is 10.0. The molecule has 1 aromatic heterocycles. The van der Waals surface area contributed by atoms with Crippen molar-refractivity contribution in [1.82, 2.24) is 9.97 Å². The molecule has 68 valence electrons. The number of nitrogens with zero attached hydrogens (tertiary/aromatic N) is 1. The van der Waals surface area contributed by atoms with Crippen molar-refractivity contribution in [3.63, 3.8) is 0 Å². The molecule has 3 N–H and O–H groups in total. The van der Waals surface area contributed by atoms with Crippen LogP contribution in [0.25, 0.3) is 0 Å². The lowest BCUT2D eigenvalue weighted by Gasteiger charge is -2.10. The van der Waals surface area contributed by atoms with E-state index in [1.165, 1.54) is 0 Å². The highest BCUT2D eigenvalue weighted by Gasteiger charge is 2.10. The fraction of sp³-hybridized carbons (Fsp3) is 0.667. The van der Waals surface area contributed by atoms with Gasteiger partial charge in [0.25, 0.3) is 0 Å². The maximum Gasteiger partial charge on any atom is 0.123 e. The summed E-state index contributed by atoms with van der Waals surface area (Å²) in [6.07, 6.45) is 2.79. The molecule has 0 radical (unpaired) electrons. The van der Waals surface area contributed by atoms with Gasteiger partial charge in [-0.1, -0.05) is 13.8 Å². The van der Waals surface area contributed by atoms with E-state index in [0.29, 0.717) is 5.92 Å². The van der Waals surface area contributed by atoms with Crippen LogP contribution in [0, 0.1) is 12.8 Å². The van der Waals surface area contributed by atoms with Crippen molar-refractivity contribution in [2.75, 3.05) is 0 Å². The maximum absolute atomic E-state index is 5.92. The van der Waals surface area contributed by atoms with E-state index in [0.717, 1.165) is 17.9 Å². The first-order valence-corrected chi connectivity index (χ1v) is 4.36. The fourth-order valence-corrected chi connectivity index (χ4v) is 1.24. The van der Waals surface area contributed by atoms with Crippen LogP contribution >= 0.6 is 0 Å². The second kappa shape index (κ2) is 3.72. The molecule has 0 amide bonds. The first-order chi connectivity index (χ1) is 5.59. The third-order valence-electron chi connectivity index (χ3n) is 1.80. The van der Waals surface area contributed by atoms with Gasteiger partial charge in [-0.15, -0.1) is 0 Å². The summed E-state index contributed by atoms with van der Waals surface area (Å²) in [5.41, 5.74) is 6.99.